The minimum absolute atomic E-state index is 0.115. The molecule has 2 aliphatic heterocycles. The van der Waals surface area contributed by atoms with Gasteiger partial charge in [-0.3, -0.25) is 4.79 Å². The molecule has 3 heterocycles. The quantitative estimate of drug-likeness (QED) is 0.870. The SMILES string of the molecule is CC1(C)C(=O)Nc2ccc(S(=O)(=O)N3CCN(c4ccccn4)CC3)cc21. The van der Waals surface area contributed by atoms with Crippen molar-refractivity contribution in [3.05, 3.63) is 48.2 Å². The molecule has 1 N–H and O–H groups in total. The van der Waals surface area contributed by atoms with Crippen molar-refractivity contribution in [1.29, 1.82) is 0 Å². The Labute approximate surface area is 159 Å². The molecule has 0 radical (unpaired) electrons. The zero-order valence-corrected chi connectivity index (χ0v) is 16.2. The van der Waals surface area contributed by atoms with Crippen molar-refractivity contribution in [3.63, 3.8) is 0 Å². The van der Waals surface area contributed by atoms with E-state index < -0.39 is 15.4 Å². The first-order valence-corrected chi connectivity index (χ1v) is 10.4. The van der Waals surface area contributed by atoms with E-state index in [9.17, 15) is 13.2 Å². The zero-order chi connectivity index (χ0) is 19.2. The van der Waals surface area contributed by atoms with Gasteiger partial charge < -0.3 is 10.2 Å². The Kier molecular flexibility index (Phi) is 4.20. The largest absolute Gasteiger partial charge is 0.354 e. The maximum absolute atomic E-state index is 13.1. The summed E-state index contributed by atoms with van der Waals surface area (Å²) in [4.78, 5) is 18.8. The number of rotatable bonds is 3. The van der Waals surface area contributed by atoms with Gasteiger partial charge in [-0.05, 0) is 49.7 Å². The van der Waals surface area contributed by atoms with E-state index in [1.807, 2.05) is 18.2 Å². The van der Waals surface area contributed by atoms with Gasteiger partial charge in [-0.1, -0.05) is 6.07 Å². The number of hydrogen-bond donors (Lipinski definition) is 1. The first-order chi connectivity index (χ1) is 12.8. The van der Waals surface area contributed by atoms with Gasteiger partial charge in [0, 0.05) is 38.1 Å². The first kappa shape index (κ1) is 17.9. The molecule has 2 aliphatic rings. The highest BCUT2D eigenvalue weighted by Crippen LogP contribution is 2.38. The molecular weight excluding hydrogens is 364 g/mol. The fourth-order valence-electron chi connectivity index (χ4n) is 3.56. The number of carbonyl (C=O) groups excluding carboxylic acids is 1. The summed E-state index contributed by atoms with van der Waals surface area (Å²) in [5, 5.41) is 2.81. The lowest BCUT2D eigenvalue weighted by Gasteiger charge is -2.34. The fourth-order valence-corrected chi connectivity index (χ4v) is 5.01. The average Bonchev–Trinajstić information content (AvgIpc) is 2.91. The summed E-state index contributed by atoms with van der Waals surface area (Å²) in [6, 6.07) is 10.6. The molecule has 27 heavy (non-hydrogen) atoms. The van der Waals surface area contributed by atoms with Crippen molar-refractivity contribution in [2.45, 2.75) is 24.2 Å². The standard InChI is InChI=1S/C19H22N4O3S/c1-19(2)15-13-14(6-7-16(15)21-18(19)24)27(25,26)23-11-9-22(10-12-23)17-5-3-4-8-20-17/h3-8,13H,9-12H2,1-2H3,(H,21,24). The Morgan fingerprint density at radius 1 is 1.07 bits per heavy atom. The average molecular weight is 386 g/mol. The van der Waals surface area contributed by atoms with Crippen LogP contribution in [0.15, 0.2) is 47.5 Å². The summed E-state index contributed by atoms with van der Waals surface area (Å²) >= 11 is 0. The predicted molar refractivity (Wildman–Crippen MR) is 103 cm³/mol. The van der Waals surface area contributed by atoms with Gasteiger partial charge in [-0.2, -0.15) is 4.31 Å². The lowest BCUT2D eigenvalue weighted by Crippen LogP contribution is -2.48. The maximum atomic E-state index is 13.1. The Morgan fingerprint density at radius 3 is 2.48 bits per heavy atom. The molecule has 8 heteroatoms. The lowest BCUT2D eigenvalue weighted by atomic mass is 9.86. The number of benzene rings is 1. The Hall–Kier alpha value is -2.45. The number of pyridine rings is 1. The predicted octanol–water partition coefficient (Wildman–Crippen LogP) is 1.82. The molecule has 0 atom stereocenters. The molecule has 7 nitrogen and oxygen atoms in total. The highest BCUT2D eigenvalue weighted by atomic mass is 32.2. The van der Waals surface area contributed by atoms with Gasteiger partial charge in [0.25, 0.3) is 0 Å². The summed E-state index contributed by atoms with van der Waals surface area (Å²) in [5.41, 5.74) is 0.669. The molecule has 142 valence electrons. The fraction of sp³-hybridized carbons (Fsp3) is 0.368. The number of anilines is 2. The molecule has 2 aromatic rings. The summed E-state index contributed by atoms with van der Waals surface area (Å²) < 4.78 is 27.7. The Morgan fingerprint density at radius 2 is 1.81 bits per heavy atom. The third kappa shape index (κ3) is 2.98. The van der Waals surface area contributed by atoms with Crippen molar-refractivity contribution in [1.82, 2.24) is 9.29 Å². The Balaban J connectivity index is 1.55. The molecule has 4 rings (SSSR count). The minimum Gasteiger partial charge on any atom is -0.354 e. The number of piperazine rings is 1. The van der Waals surface area contributed by atoms with Crippen LogP contribution in [0.4, 0.5) is 11.5 Å². The lowest BCUT2D eigenvalue weighted by molar-refractivity contribution is -0.119. The van der Waals surface area contributed by atoms with Gasteiger partial charge in [0.15, 0.2) is 0 Å². The smallest absolute Gasteiger partial charge is 0.243 e. The van der Waals surface area contributed by atoms with Crippen LogP contribution in [0.2, 0.25) is 0 Å². The molecule has 0 aliphatic carbocycles. The van der Waals surface area contributed by atoms with Crippen LogP contribution in [0, 0.1) is 0 Å². The molecule has 1 aromatic carbocycles. The topological polar surface area (TPSA) is 82.6 Å². The zero-order valence-electron chi connectivity index (χ0n) is 15.3. The minimum atomic E-state index is -3.61. The normalized spacial score (nSPS) is 19.6. The van der Waals surface area contributed by atoms with Crippen LogP contribution >= 0.6 is 0 Å². The molecule has 0 bridgehead atoms. The van der Waals surface area contributed by atoms with E-state index in [4.69, 9.17) is 0 Å². The second-order valence-corrected chi connectivity index (χ2v) is 9.30. The van der Waals surface area contributed by atoms with Gasteiger partial charge in [-0.25, -0.2) is 13.4 Å². The molecule has 1 saturated heterocycles. The van der Waals surface area contributed by atoms with E-state index in [1.54, 1.807) is 38.2 Å². The van der Waals surface area contributed by atoms with Crippen LogP contribution in [-0.4, -0.2) is 49.8 Å². The number of aromatic nitrogens is 1. The molecule has 1 fully saturated rings. The van der Waals surface area contributed by atoms with Crippen LogP contribution in [0.3, 0.4) is 0 Å². The molecule has 0 unspecified atom stereocenters. The molecular formula is C19H22N4O3S. The van der Waals surface area contributed by atoms with E-state index in [0.717, 1.165) is 11.4 Å². The summed E-state index contributed by atoms with van der Waals surface area (Å²) in [5.74, 6) is 0.745. The Bertz CT molecular complexity index is 981. The van der Waals surface area contributed by atoms with Crippen molar-refractivity contribution in [2.24, 2.45) is 0 Å². The third-order valence-electron chi connectivity index (χ3n) is 5.33. The number of carbonyl (C=O) groups is 1. The number of hydrogen-bond acceptors (Lipinski definition) is 5. The van der Waals surface area contributed by atoms with Crippen molar-refractivity contribution in [2.75, 3.05) is 36.4 Å². The summed E-state index contributed by atoms with van der Waals surface area (Å²) in [6.07, 6.45) is 1.74. The van der Waals surface area contributed by atoms with Crippen molar-refractivity contribution in [3.8, 4) is 0 Å². The van der Waals surface area contributed by atoms with E-state index >= 15 is 0 Å². The number of amides is 1. The van der Waals surface area contributed by atoms with Crippen LogP contribution in [0.5, 0.6) is 0 Å². The molecule has 0 saturated carbocycles. The third-order valence-corrected chi connectivity index (χ3v) is 7.22. The maximum Gasteiger partial charge on any atom is 0.243 e. The number of nitrogens with one attached hydrogen (secondary N) is 1. The highest BCUT2D eigenvalue weighted by molar-refractivity contribution is 7.89. The van der Waals surface area contributed by atoms with Crippen molar-refractivity contribution >= 4 is 27.4 Å². The van der Waals surface area contributed by atoms with Crippen LogP contribution in [-0.2, 0) is 20.2 Å². The van der Waals surface area contributed by atoms with E-state index in [0.29, 0.717) is 31.9 Å². The second kappa shape index (κ2) is 6.31. The highest BCUT2D eigenvalue weighted by Gasteiger charge is 2.39. The monoisotopic (exact) mass is 386 g/mol. The first-order valence-electron chi connectivity index (χ1n) is 8.92. The van der Waals surface area contributed by atoms with Crippen molar-refractivity contribution < 1.29 is 13.2 Å². The van der Waals surface area contributed by atoms with Crippen LogP contribution in [0.25, 0.3) is 0 Å². The van der Waals surface area contributed by atoms with Gasteiger partial charge in [-0.15, -0.1) is 0 Å². The van der Waals surface area contributed by atoms with Crippen LogP contribution in [0.1, 0.15) is 19.4 Å². The molecule has 0 spiro atoms. The van der Waals surface area contributed by atoms with E-state index in [2.05, 4.69) is 15.2 Å². The number of fused-ring (bicyclic) bond motifs is 1. The molecule has 1 amide bonds. The van der Waals surface area contributed by atoms with Gasteiger partial charge in [0.1, 0.15) is 5.82 Å². The summed E-state index contributed by atoms with van der Waals surface area (Å²) in [6.45, 7) is 5.58. The van der Waals surface area contributed by atoms with Gasteiger partial charge in [0.05, 0.1) is 10.3 Å². The van der Waals surface area contributed by atoms with Gasteiger partial charge >= 0.3 is 0 Å². The van der Waals surface area contributed by atoms with E-state index in [-0.39, 0.29) is 10.8 Å². The number of sulfonamides is 1. The molecule has 1 aromatic heterocycles. The van der Waals surface area contributed by atoms with E-state index in [1.165, 1.54) is 4.31 Å². The second-order valence-electron chi connectivity index (χ2n) is 7.37. The van der Waals surface area contributed by atoms with Gasteiger partial charge in [0.2, 0.25) is 15.9 Å². The number of nitrogens with zero attached hydrogens (tertiary/aromatic N) is 3. The summed E-state index contributed by atoms with van der Waals surface area (Å²) in [7, 11) is -3.61. The van der Waals surface area contributed by atoms with Crippen LogP contribution < -0.4 is 10.2 Å².